The monoisotopic (exact) mass is 242 g/mol. The lowest BCUT2D eigenvalue weighted by Crippen LogP contribution is -2.37. The second-order valence-electron chi connectivity index (χ2n) is 3.39. The van der Waals surface area contributed by atoms with E-state index in [2.05, 4.69) is 10.4 Å². The zero-order valence-electron chi connectivity index (χ0n) is 9.51. The predicted molar refractivity (Wildman–Crippen MR) is 58.6 cm³/mol. The van der Waals surface area contributed by atoms with Gasteiger partial charge in [0.2, 0.25) is 11.8 Å². The molecule has 1 atom stereocenters. The van der Waals surface area contributed by atoms with Crippen LogP contribution in [-0.2, 0) is 16.6 Å². The summed E-state index contributed by atoms with van der Waals surface area (Å²) < 4.78 is 6.38. The Balaban J connectivity index is 2.64. The molecule has 1 aromatic heterocycles. The van der Waals surface area contributed by atoms with Crippen molar-refractivity contribution in [1.82, 2.24) is 9.78 Å². The van der Waals surface area contributed by atoms with Gasteiger partial charge in [0.05, 0.1) is 19.6 Å². The summed E-state index contributed by atoms with van der Waals surface area (Å²) in [6.45, 7) is 0. The molecule has 0 aliphatic rings. The number of carboxylic acids is 1. The van der Waals surface area contributed by atoms with Gasteiger partial charge >= 0.3 is 5.97 Å². The number of aryl methyl sites for hydroxylation is 1. The highest BCUT2D eigenvalue weighted by atomic mass is 16.5. The number of aliphatic carboxylic acids is 1. The van der Waals surface area contributed by atoms with Gasteiger partial charge in [-0.2, -0.15) is 5.10 Å². The van der Waals surface area contributed by atoms with Crippen LogP contribution < -0.4 is 15.8 Å². The summed E-state index contributed by atoms with van der Waals surface area (Å²) in [6.07, 6.45) is -0.435. The molecule has 1 rings (SSSR count). The van der Waals surface area contributed by atoms with Crippen LogP contribution in [0.25, 0.3) is 0 Å². The number of nitrogens with zero attached hydrogens (tertiary/aromatic N) is 2. The summed E-state index contributed by atoms with van der Waals surface area (Å²) in [7, 11) is 3.12. The third-order valence-electron chi connectivity index (χ3n) is 2.03. The zero-order valence-corrected chi connectivity index (χ0v) is 9.51. The minimum absolute atomic E-state index is 0.259. The van der Waals surface area contributed by atoms with E-state index >= 15 is 0 Å². The number of anilines is 1. The first-order chi connectivity index (χ1) is 7.93. The number of amides is 1. The van der Waals surface area contributed by atoms with Gasteiger partial charge in [-0.05, 0) is 0 Å². The van der Waals surface area contributed by atoms with Gasteiger partial charge in [-0.15, -0.1) is 0 Å². The van der Waals surface area contributed by atoms with Crippen LogP contribution in [0.15, 0.2) is 6.07 Å². The molecule has 4 N–H and O–H groups in total. The number of hydrogen-bond acceptors (Lipinski definition) is 5. The number of carbonyl (C=O) groups excluding carboxylic acids is 1. The highest BCUT2D eigenvalue weighted by molar-refractivity contribution is 5.96. The van der Waals surface area contributed by atoms with E-state index in [4.69, 9.17) is 15.6 Å². The normalized spacial score (nSPS) is 11.9. The van der Waals surface area contributed by atoms with Crippen molar-refractivity contribution in [1.29, 1.82) is 0 Å². The van der Waals surface area contributed by atoms with Gasteiger partial charge in [0.1, 0.15) is 0 Å². The van der Waals surface area contributed by atoms with Crippen LogP contribution in [-0.4, -0.2) is 39.9 Å². The second kappa shape index (κ2) is 5.30. The SMILES string of the molecule is COc1cc(NC(=O)C(N)CC(=O)O)nn1C. The smallest absolute Gasteiger partial charge is 0.305 e. The lowest BCUT2D eigenvalue weighted by molar-refractivity contribution is -0.138. The summed E-state index contributed by atoms with van der Waals surface area (Å²) in [5.41, 5.74) is 5.38. The standard InChI is InChI=1S/C9H14N4O4/c1-13-7(17-2)4-6(12-13)11-9(16)5(10)3-8(14)15/h4-5H,3,10H2,1-2H3,(H,14,15)(H,11,12,16). The lowest BCUT2D eigenvalue weighted by atomic mass is 10.2. The van der Waals surface area contributed by atoms with Crippen LogP contribution in [0.3, 0.4) is 0 Å². The molecule has 0 aliphatic heterocycles. The zero-order chi connectivity index (χ0) is 13.0. The van der Waals surface area contributed by atoms with Gasteiger partial charge < -0.3 is 20.9 Å². The maximum atomic E-state index is 11.5. The molecule has 0 aromatic carbocycles. The third kappa shape index (κ3) is 3.45. The van der Waals surface area contributed by atoms with Crippen LogP contribution in [0.1, 0.15) is 6.42 Å². The van der Waals surface area contributed by atoms with E-state index in [9.17, 15) is 9.59 Å². The summed E-state index contributed by atoms with van der Waals surface area (Å²) >= 11 is 0. The van der Waals surface area contributed by atoms with Crippen molar-refractivity contribution >= 4 is 17.7 Å². The number of nitrogens with one attached hydrogen (secondary N) is 1. The molecule has 0 spiro atoms. The fraction of sp³-hybridized carbons (Fsp3) is 0.444. The molecule has 94 valence electrons. The van der Waals surface area contributed by atoms with Gasteiger partial charge in [-0.3, -0.25) is 9.59 Å². The maximum absolute atomic E-state index is 11.5. The fourth-order valence-corrected chi connectivity index (χ4v) is 1.20. The molecule has 0 aliphatic carbocycles. The quantitative estimate of drug-likeness (QED) is 0.620. The van der Waals surface area contributed by atoms with Crippen LogP contribution in [0.4, 0.5) is 5.82 Å². The maximum Gasteiger partial charge on any atom is 0.305 e. The highest BCUT2D eigenvalue weighted by Gasteiger charge is 2.18. The van der Waals surface area contributed by atoms with E-state index in [0.29, 0.717) is 5.88 Å². The number of ether oxygens (including phenoxy) is 1. The van der Waals surface area contributed by atoms with E-state index in [1.165, 1.54) is 17.9 Å². The Kier molecular flexibility index (Phi) is 4.05. The molecular formula is C9H14N4O4. The first-order valence-electron chi connectivity index (χ1n) is 4.80. The van der Waals surface area contributed by atoms with E-state index in [1.54, 1.807) is 7.05 Å². The lowest BCUT2D eigenvalue weighted by Gasteiger charge is -2.07. The number of carbonyl (C=O) groups is 2. The third-order valence-corrected chi connectivity index (χ3v) is 2.03. The van der Waals surface area contributed by atoms with Crippen molar-refractivity contribution in [3.05, 3.63) is 6.07 Å². The van der Waals surface area contributed by atoms with Crippen molar-refractivity contribution in [2.24, 2.45) is 12.8 Å². The Morgan fingerprint density at radius 1 is 1.71 bits per heavy atom. The van der Waals surface area contributed by atoms with Crippen LogP contribution in [0, 0.1) is 0 Å². The van der Waals surface area contributed by atoms with E-state index in [0.717, 1.165) is 0 Å². The molecule has 0 saturated carbocycles. The first-order valence-corrected chi connectivity index (χ1v) is 4.80. The molecule has 0 bridgehead atoms. The molecular weight excluding hydrogens is 228 g/mol. The summed E-state index contributed by atoms with van der Waals surface area (Å²) in [5.74, 6) is -1.01. The predicted octanol–water partition coefficient (Wildman–Crippen LogP) is -0.831. The van der Waals surface area contributed by atoms with Crippen molar-refractivity contribution in [3.63, 3.8) is 0 Å². The van der Waals surface area contributed by atoms with E-state index in [-0.39, 0.29) is 5.82 Å². The Bertz CT molecular complexity index is 429. The Morgan fingerprint density at radius 2 is 2.35 bits per heavy atom. The van der Waals surface area contributed by atoms with Crippen molar-refractivity contribution in [2.45, 2.75) is 12.5 Å². The van der Waals surface area contributed by atoms with E-state index < -0.39 is 24.3 Å². The average Bonchev–Trinajstić information content (AvgIpc) is 2.57. The van der Waals surface area contributed by atoms with Gasteiger partial charge in [-0.25, -0.2) is 4.68 Å². The van der Waals surface area contributed by atoms with E-state index in [1.807, 2.05) is 0 Å². The number of methoxy groups -OCH3 is 1. The average molecular weight is 242 g/mol. The number of aromatic nitrogens is 2. The first kappa shape index (κ1) is 13.0. The molecule has 1 aromatic rings. The fourth-order valence-electron chi connectivity index (χ4n) is 1.20. The Morgan fingerprint density at radius 3 is 2.82 bits per heavy atom. The largest absolute Gasteiger partial charge is 0.481 e. The van der Waals surface area contributed by atoms with Crippen LogP contribution in [0.2, 0.25) is 0 Å². The minimum Gasteiger partial charge on any atom is -0.481 e. The van der Waals surface area contributed by atoms with Crippen molar-refractivity contribution in [3.8, 4) is 5.88 Å². The number of hydrogen-bond donors (Lipinski definition) is 3. The van der Waals surface area contributed by atoms with Crippen molar-refractivity contribution in [2.75, 3.05) is 12.4 Å². The second-order valence-corrected chi connectivity index (χ2v) is 3.39. The molecule has 0 saturated heterocycles. The number of carboxylic acid groups (broad SMARTS) is 1. The summed E-state index contributed by atoms with van der Waals surface area (Å²) in [6, 6.07) is 0.395. The highest BCUT2D eigenvalue weighted by Crippen LogP contribution is 2.15. The molecule has 1 amide bonds. The van der Waals surface area contributed by atoms with Gasteiger partial charge in [0.25, 0.3) is 0 Å². The topological polar surface area (TPSA) is 119 Å². The minimum atomic E-state index is -1.13. The Hall–Kier alpha value is -2.09. The molecule has 0 fully saturated rings. The van der Waals surface area contributed by atoms with Crippen LogP contribution in [0.5, 0.6) is 5.88 Å². The van der Waals surface area contributed by atoms with Gasteiger partial charge in [0.15, 0.2) is 5.82 Å². The van der Waals surface area contributed by atoms with Gasteiger partial charge in [0, 0.05) is 13.1 Å². The molecule has 8 heteroatoms. The molecule has 8 nitrogen and oxygen atoms in total. The molecule has 1 heterocycles. The molecule has 1 unspecified atom stereocenters. The number of nitrogens with two attached hydrogens (primary N) is 1. The molecule has 0 radical (unpaired) electrons. The van der Waals surface area contributed by atoms with Crippen molar-refractivity contribution < 1.29 is 19.4 Å². The number of rotatable bonds is 5. The summed E-state index contributed by atoms with van der Waals surface area (Å²) in [4.78, 5) is 21.8. The van der Waals surface area contributed by atoms with Crippen LogP contribution >= 0.6 is 0 Å². The van der Waals surface area contributed by atoms with Gasteiger partial charge in [-0.1, -0.05) is 0 Å². The Labute approximate surface area is 97.3 Å². The summed E-state index contributed by atoms with van der Waals surface area (Å²) in [5, 5.41) is 14.8. The molecule has 17 heavy (non-hydrogen) atoms.